The number of hydrogen-bond donors (Lipinski definition) is 0. The summed E-state index contributed by atoms with van der Waals surface area (Å²) in [5, 5.41) is 13.4. The molecular weight excluding hydrogens is 329 g/mol. The molecule has 2 heterocycles. The van der Waals surface area contributed by atoms with Gasteiger partial charge in [-0.3, -0.25) is 9.58 Å². The van der Waals surface area contributed by atoms with Crippen LogP contribution in [-0.4, -0.2) is 46.8 Å². The number of nitriles is 1. The smallest absolute Gasteiger partial charge is 0.127 e. The molecule has 1 aliphatic rings. The molecule has 2 atom stereocenters. The molecule has 0 spiro atoms. The number of rotatable bonds is 5. The van der Waals surface area contributed by atoms with Gasteiger partial charge in [0.1, 0.15) is 5.82 Å². The minimum Gasteiger partial charge on any atom is -0.302 e. The summed E-state index contributed by atoms with van der Waals surface area (Å²) in [6.07, 6.45) is 6.37. The molecule has 26 heavy (non-hydrogen) atoms. The number of halogens is 1. The number of likely N-dealkylation sites (tertiary alicyclic amines) is 1. The zero-order chi connectivity index (χ0) is 18.7. The fourth-order valence-corrected chi connectivity index (χ4v) is 4.09. The molecule has 6 heteroatoms. The van der Waals surface area contributed by atoms with E-state index in [1.807, 2.05) is 25.0 Å². The van der Waals surface area contributed by atoms with Gasteiger partial charge < -0.3 is 4.90 Å². The van der Waals surface area contributed by atoms with E-state index in [1.165, 1.54) is 24.1 Å². The van der Waals surface area contributed by atoms with Crippen molar-refractivity contribution in [1.29, 1.82) is 5.26 Å². The highest BCUT2D eigenvalue weighted by Crippen LogP contribution is 2.35. The van der Waals surface area contributed by atoms with Crippen molar-refractivity contribution >= 4 is 0 Å². The lowest BCUT2D eigenvalue weighted by Crippen LogP contribution is -2.40. The van der Waals surface area contributed by atoms with E-state index in [0.717, 1.165) is 19.5 Å². The van der Waals surface area contributed by atoms with Crippen LogP contribution < -0.4 is 0 Å². The Labute approximate surface area is 154 Å². The highest BCUT2D eigenvalue weighted by molar-refractivity contribution is 5.33. The SMILES string of the molecule is CN(Cc1cc(C#N)ccc1F)C[C@@H]1CCCN(C)[C@H]1c1cnn(C)c1. The van der Waals surface area contributed by atoms with E-state index < -0.39 is 0 Å². The molecule has 0 radical (unpaired) electrons. The van der Waals surface area contributed by atoms with Crippen LogP contribution in [0, 0.1) is 23.1 Å². The third-order valence-corrected chi connectivity index (χ3v) is 5.23. The topological polar surface area (TPSA) is 48.1 Å². The summed E-state index contributed by atoms with van der Waals surface area (Å²) in [4.78, 5) is 4.56. The van der Waals surface area contributed by atoms with Crippen LogP contribution >= 0.6 is 0 Å². The lowest BCUT2D eigenvalue weighted by Gasteiger charge is -2.40. The van der Waals surface area contributed by atoms with Crippen molar-refractivity contribution in [3.05, 3.63) is 53.1 Å². The minimum atomic E-state index is -0.250. The molecule has 1 aromatic heterocycles. The Morgan fingerprint density at radius 1 is 1.38 bits per heavy atom. The number of nitrogens with zero attached hydrogens (tertiary/aromatic N) is 5. The van der Waals surface area contributed by atoms with Gasteiger partial charge in [0.2, 0.25) is 0 Å². The maximum atomic E-state index is 14.1. The normalized spacial score (nSPS) is 21.1. The maximum Gasteiger partial charge on any atom is 0.127 e. The summed E-state index contributed by atoms with van der Waals surface area (Å²) >= 11 is 0. The van der Waals surface area contributed by atoms with Crippen LogP contribution in [0.25, 0.3) is 0 Å². The fourth-order valence-electron chi connectivity index (χ4n) is 4.09. The van der Waals surface area contributed by atoms with E-state index in [-0.39, 0.29) is 5.82 Å². The Morgan fingerprint density at radius 3 is 2.88 bits per heavy atom. The monoisotopic (exact) mass is 355 g/mol. The van der Waals surface area contributed by atoms with Crippen molar-refractivity contribution in [2.75, 3.05) is 27.2 Å². The molecule has 1 fully saturated rings. The Kier molecular flexibility index (Phi) is 5.70. The van der Waals surface area contributed by atoms with Crippen LogP contribution in [0.2, 0.25) is 0 Å². The van der Waals surface area contributed by atoms with E-state index in [1.54, 1.807) is 6.07 Å². The first-order chi connectivity index (χ1) is 12.5. The molecule has 0 amide bonds. The molecule has 3 rings (SSSR count). The molecule has 0 saturated carbocycles. The van der Waals surface area contributed by atoms with Crippen molar-refractivity contribution in [3.63, 3.8) is 0 Å². The Bertz CT molecular complexity index is 794. The van der Waals surface area contributed by atoms with E-state index in [9.17, 15) is 4.39 Å². The van der Waals surface area contributed by atoms with Crippen LogP contribution in [0.15, 0.2) is 30.6 Å². The zero-order valence-electron chi connectivity index (χ0n) is 15.7. The highest BCUT2D eigenvalue weighted by atomic mass is 19.1. The van der Waals surface area contributed by atoms with Gasteiger partial charge in [0.15, 0.2) is 0 Å². The molecule has 138 valence electrons. The molecule has 2 aromatic rings. The summed E-state index contributed by atoms with van der Waals surface area (Å²) in [7, 11) is 6.13. The molecule has 0 aliphatic carbocycles. The summed E-state index contributed by atoms with van der Waals surface area (Å²) in [6.45, 7) is 2.46. The quantitative estimate of drug-likeness (QED) is 0.827. The maximum absolute atomic E-state index is 14.1. The number of hydrogen-bond acceptors (Lipinski definition) is 4. The summed E-state index contributed by atoms with van der Waals surface area (Å²) in [5.41, 5.74) is 2.32. The van der Waals surface area contributed by atoms with Crippen molar-refractivity contribution < 1.29 is 4.39 Å². The summed E-state index contributed by atoms with van der Waals surface area (Å²) < 4.78 is 15.9. The first-order valence-electron chi connectivity index (χ1n) is 9.03. The molecular formula is C20H26FN5. The van der Waals surface area contributed by atoms with E-state index in [0.29, 0.717) is 29.6 Å². The minimum absolute atomic E-state index is 0.250. The van der Waals surface area contributed by atoms with Gasteiger partial charge in [0, 0.05) is 43.5 Å². The van der Waals surface area contributed by atoms with Crippen LogP contribution in [0.4, 0.5) is 4.39 Å². The van der Waals surface area contributed by atoms with Gasteiger partial charge in [-0.25, -0.2) is 4.39 Å². The second kappa shape index (κ2) is 7.98. The number of piperidine rings is 1. The third-order valence-electron chi connectivity index (χ3n) is 5.23. The first kappa shape index (κ1) is 18.6. The Hall–Kier alpha value is -2.23. The molecule has 1 saturated heterocycles. The number of aryl methyl sites for hydroxylation is 1. The molecule has 0 unspecified atom stereocenters. The van der Waals surface area contributed by atoms with Crippen LogP contribution in [0.1, 0.15) is 35.6 Å². The molecule has 0 N–H and O–H groups in total. The highest BCUT2D eigenvalue weighted by Gasteiger charge is 2.32. The van der Waals surface area contributed by atoms with Gasteiger partial charge in [-0.05, 0) is 57.6 Å². The Balaban J connectivity index is 1.72. The average Bonchev–Trinajstić information content (AvgIpc) is 3.03. The molecule has 5 nitrogen and oxygen atoms in total. The van der Waals surface area contributed by atoms with Gasteiger partial charge in [0.25, 0.3) is 0 Å². The van der Waals surface area contributed by atoms with Gasteiger partial charge in [0.05, 0.1) is 17.8 Å². The average molecular weight is 355 g/mol. The second-order valence-electron chi connectivity index (χ2n) is 7.39. The number of aromatic nitrogens is 2. The number of benzene rings is 1. The lowest BCUT2D eigenvalue weighted by molar-refractivity contribution is 0.0923. The molecule has 1 aromatic carbocycles. The fraction of sp³-hybridized carbons (Fsp3) is 0.500. The van der Waals surface area contributed by atoms with Gasteiger partial charge in [-0.2, -0.15) is 10.4 Å². The standard InChI is InChI=1S/C20H26FN5/c1-24(13-17-9-15(10-22)6-7-19(17)21)12-16-5-4-8-25(2)20(16)18-11-23-26(3)14-18/h6-7,9,11,14,16,20H,4-5,8,12-13H2,1-3H3/t16-,20+/m0/s1. The first-order valence-corrected chi connectivity index (χ1v) is 9.03. The van der Waals surface area contributed by atoms with E-state index in [4.69, 9.17) is 5.26 Å². The van der Waals surface area contributed by atoms with Crippen LogP contribution in [-0.2, 0) is 13.6 Å². The van der Waals surface area contributed by atoms with Crippen molar-refractivity contribution in [1.82, 2.24) is 19.6 Å². The summed E-state index contributed by atoms with van der Waals surface area (Å²) in [6, 6.07) is 6.97. The largest absolute Gasteiger partial charge is 0.302 e. The van der Waals surface area contributed by atoms with Crippen molar-refractivity contribution in [3.8, 4) is 6.07 Å². The molecule has 0 bridgehead atoms. The van der Waals surface area contributed by atoms with Crippen LogP contribution in [0.3, 0.4) is 0 Å². The van der Waals surface area contributed by atoms with E-state index >= 15 is 0 Å². The second-order valence-corrected chi connectivity index (χ2v) is 7.39. The van der Waals surface area contributed by atoms with Gasteiger partial charge >= 0.3 is 0 Å². The van der Waals surface area contributed by atoms with Crippen molar-refractivity contribution in [2.24, 2.45) is 13.0 Å². The van der Waals surface area contributed by atoms with Gasteiger partial charge in [-0.15, -0.1) is 0 Å². The Morgan fingerprint density at radius 2 is 2.19 bits per heavy atom. The zero-order valence-corrected chi connectivity index (χ0v) is 15.7. The third kappa shape index (κ3) is 4.12. The van der Waals surface area contributed by atoms with Gasteiger partial charge in [-0.1, -0.05) is 0 Å². The van der Waals surface area contributed by atoms with Crippen LogP contribution in [0.5, 0.6) is 0 Å². The lowest BCUT2D eigenvalue weighted by atomic mass is 9.85. The van der Waals surface area contributed by atoms with Crippen molar-refractivity contribution in [2.45, 2.75) is 25.4 Å². The van der Waals surface area contributed by atoms with E-state index in [2.05, 4.69) is 34.2 Å². The molecule has 1 aliphatic heterocycles. The predicted molar refractivity (Wildman–Crippen MR) is 98.8 cm³/mol. The predicted octanol–water partition coefficient (Wildman–Crippen LogP) is 2.95. The summed E-state index contributed by atoms with van der Waals surface area (Å²) in [5.74, 6) is 0.214.